The predicted octanol–water partition coefficient (Wildman–Crippen LogP) is 3.28. The van der Waals surface area contributed by atoms with Crippen molar-refractivity contribution < 1.29 is 19.0 Å². The van der Waals surface area contributed by atoms with Gasteiger partial charge in [-0.15, -0.1) is 10.2 Å². The second-order valence-corrected chi connectivity index (χ2v) is 7.53. The lowest BCUT2D eigenvalue weighted by Crippen LogP contribution is -2.14. The molecule has 0 fully saturated rings. The van der Waals surface area contributed by atoms with E-state index in [1.165, 1.54) is 0 Å². The largest absolute Gasteiger partial charge is 0.497 e. The molecule has 0 bridgehead atoms. The summed E-state index contributed by atoms with van der Waals surface area (Å²) in [7, 11) is 3.27. The fraction of sp³-hybridized carbons (Fsp3) is 0.250. The van der Waals surface area contributed by atoms with Gasteiger partial charge in [0.1, 0.15) is 23.7 Å². The molecule has 0 unspecified atom stereocenters. The average molecular weight is 445 g/mol. The average Bonchev–Trinajstić information content (AvgIpc) is 3.40. The smallest absolute Gasteiger partial charge is 0.358 e. The fourth-order valence-electron chi connectivity index (χ4n) is 4.13. The molecule has 0 N–H and O–H groups in total. The van der Waals surface area contributed by atoms with Crippen molar-refractivity contribution in [3.05, 3.63) is 71.6 Å². The second-order valence-electron chi connectivity index (χ2n) is 7.53. The molecule has 4 aromatic rings. The van der Waals surface area contributed by atoms with Gasteiger partial charge in [-0.3, -0.25) is 4.57 Å². The van der Waals surface area contributed by atoms with Crippen molar-refractivity contribution >= 4 is 5.97 Å². The number of benzene rings is 2. The summed E-state index contributed by atoms with van der Waals surface area (Å²) < 4.78 is 20.1. The summed E-state index contributed by atoms with van der Waals surface area (Å²) in [6.45, 7) is 2.41. The van der Waals surface area contributed by atoms with Gasteiger partial charge in [-0.05, 0) is 31.2 Å². The zero-order valence-electron chi connectivity index (χ0n) is 18.6. The Morgan fingerprint density at radius 3 is 2.73 bits per heavy atom. The number of esters is 1. The van der Waals surface area contributed by atoms with Crippen LogP contribution in [0, 0.1) is 0 Å². The predicted molar refractivity (Wildman–Crippen MR) is 120 cm³/mol. The lowest BCUT2D eigenvalue weighted by molar-refractivity contribution is 0.0518. The number of ether oxygens (including phenoxy) is 3. The summed E-state index contributed by atoms with van der Waals surface area (Å²) in [4.78, 5) is 17.0. The highest BCUT2D eigenvalue weighted by molar-refractivity contribution is 5.89. The number of carbonyl (C=O) groups is 1. The summed E-state index contributed by atoms with van der Waals surface area (Å²) in [6, 6.07) is 13.5. The number of para-hydroxylation sites is 1. The van der Waals surface area contributed by atoms with Gasteiger partial charge in [0.15, 0.2) is 11.5 Å². The SMILES string of the molecule is CCOC(=O)c1ncn2c1Cn1c(Cc3ccccc3OC)nnc1-c1cc(OC)ccc1-2. The van der Waals surface area contributed by atoms with Gasteiger partial charge in [0.2, 0.25) is 0 Å². The third kappa shape index (κ3) is 3.51. The lowest BCUT2D eigenvalue weighted by Gasteiger charge is -2.11. The number of aromatic nitrogens is 5. The number of hydrogen-bond donors (Lipinski definition) is 0. The van der Waals surface area contributed by atoms with E-state index in [-0.39, 0.29) is 12.3 Å². The summed E-state index contributed by atoms with van der Waals surface area (Å²) in [5.41, 5.74) is 3.65. The molecule has 9 heteroatoms. The zero-order chi connectivity index (χ0) is 22.9. The van der Waals surface area contributed by atoms with Crippen LogP contribution in [-0.2, 0) is 17.7 Å². The van der Waals surface area contributed by atoms with Gasteiger partial charge in [-0.25, -0.2) is 9.78 Å². The Morgan fingerprint density at radius 1 is 1.09 bits per heavy atom. The molecule has 0 radical (unpaired) electrons. The van der Waals surface area contributed by atoms with Crippen LogP contribution in [0.3, 0.4) is 0 Å². The van der Waals surface area contributed by atoms with Crippen molar-refractivity contribution in [3.8, 4) is 28.6 Å². The van der Waals surface area contributed by atoms with Gasteiger partial charge in [0.05, 0.1) is 38.8 Å². The third-order valence-electron chi connectivity index (χ3n) is 5.72. The van der Waals surface area contributed by atoms with Crippen LogP contribution in [-0.4, -0.2) is 51.1 Å². The molecule has 2 aromatic carbocycles. The molecule has 0 atom stereocenters. The topological polar surface area (TPSA) is 93.3 Å². The second kappa shape index (κ2) is 8.42. The zero-order valence-corrected chi connectivity index (χ0v) is 18.6. The Bertz CT molecular complexity index is 1340. The van der Waals surface area contributed by atoms with Crippen molar-refractivity contribution in [1.82, 2.24) is 24.3 Å². The Balaban J connectivity index is 1.69. The van der Waals surface area contributed by atoms with Crippen LogP contribution < -0.4 is 9.47 Å². The van der Waals surface area contributed by atoms with Crippen LogP contribution in [0.5, 0.6) is 11.5 Å². The van der Waals surface area contributed by atoms with E-state index in [1.807, 2.05) is 51.6 Å². The summed E-state index contributed by atoms with van der Waals surface area (Å²) >= 11 is 0. The van der Waals surface area contributed by atoms with E-state index in [1.54, 1.807) is 27.5 Å². The maximum atomic E-state index is 12.6. The standard InChI is InChI=1S/C24H23N5O4/c1-4-33-24(30)22-19-13-28-21(11-15-7-5-6-8-20(15)32-3)26-27-23(28)17-12-16(31-2)9-10-18(17)29(19)14-25-22/h5-10,12,14H,4,11,13H2,1-3H3. The van der Waals surface area contributed by atoms with Gasteiger partial charge < -0.3 is 18.8 Å². The van der Waals surface area contributed by atoms with Crippen molar-refractivity contribution in [3.63, 3.8) is 0 Å². The summed E-state index contributed by atoms with van der Waals surface area (Å²) in [5, 5.41) is 9.03. The molecule has 0 saturated heterocycles. The lowest BCUT2D eigenvalue weighted by atomic mass is 10.1. The van der Waals surface area contributed by atoms with E-state index < -0.39 is 5.97 Å². The Kier molecular flexibility index (Phi) is 5.29. The first-order valence-electron chi connectivity index (χ1n) is 10.6. The van der Waals surface area contributed by atoms with Gasteiger partial charge in [0, 0.05) is 17.5 Å². The Hall–Kier alpha value is -4.14. The van der Waals surface area contributed by atoms with Crippen molar-refractivity contribution in [1.29, 1.82) is 0 Å². The van der Waals surface area contributed by atoms with Gasteiger partial charge in [-0.2, -0.15) is 0 Å². The molecule has 1 aliphatic rings. The highest BCUT2D eigenvalue weighted by Gasteiger charge is 2.29. The van der Waals surface area contributed by atoms with Crippen molar-refractivity contribution in [2.24, 2.45) is 0 Å². The first kappa shape index (κ1) is 20.7. The Labute approximate surface area is 190 Å². The number of imidazole rings is 1. The van der Waals surface area contributed by atoms with Gasteiger partial charge in [-0.1, -0.05) is 18.2 Å². The first-order valence-corrected chi connectivity index (χ1v) is 10.6. The molecule has 5 rings (SSSR count). The number of fused-ring (bicyclic) bond motifs is 5. The summed E-state index contributed by atoms with van der Waals surface area (Å²) in [5.74, 6) is 2.45. The highest BCUT2D eigenvalue weighted by Crippen LogP contribution is 2.35. The molecule has 3 heterocycles. The number of methoxy groups -OCH3 is 2. The maximum absolute atomic E-state index is 12.6. The molecule has 0 aliphatic carbocycles. The quantitative estimate of drug-likeness (QED) is 0.370. The van der Waals surface area contributed by atoms with Gasteiger partial charge in [0.25, 0.3) is 0 Å². The number of carbonyl (C=O) groups excluding carboxylic acids is 1. The molecule has 0 amide bonds. The van der Waals surface area contributed by atoms with E-state index >= 15 is 0 Å². The number of nitrogens with zero attached hydrogens (tertiary/aromatic N) is 5. The van der Waals surface area contributed by atoms with E-state index in [9.17, 15) is 4.79 Å². The summed E-state index contributed by atoms with van der Waals surface area (Å²) in [6.07, 6.45) is 2.16. The molecular weight excluding hydrogens is 422 g/mol. The van der Waals surface area contributed by atoms with Crippen LogP contribution in [0.4, 0.5) is 0 Å². The fourth-order valence-corrected chi connectivity index (χ4v) is 4.13. The minimum atomic E-state index is -0.455. The van der Waals surface area contributed by atoms with Crippen molar-refractivity contribution in [2.45, 2.75) is 19.9 Å². The third-order valence-corrected chi connectivity index (χ3v) is 5.72. The maximum Gasteiger partial charge on any atom is 0.358 e. The number of rotatable bonds is 6. The molecule has 0 saturated carbocycles. The van der Waals surface area contributed by atoms with Crippen molar-refractivity contribution in [2.75, 3.05) is 20.8 Å². The number of hydrogen-bond acceptors (Lipinski definition) is 7. The van der Waals surface area contributed by atoms with E-state index in [0.29, 0.717) is 30.2 Å². The molecule has 2 aromatic heterocycles. The van der Waals surface area contributed by atoms with Crippen LogP contribution in [0.2, 0.25) is 0 Å². The highest BCUT2D eigenvalue weighted by atomic mass is 16.5. The first-order chi connectivity index (χ1) is 16.1. The van der Waals surface area contributed by atoms with E-state index in [2.05, 4.69) is 15.2 Å². The van der Waals surface area contributed by atoms with Crippen LogP contribution in [0.25, 0.3) is 17.1 Å². The Morgan fingerprint density at radius 2 is 1.94 bits per heavy atom. The molecule has 0 spiro atoms. The van der Waals surface area contributed by atoms with Crippen LogP contribution in [0.15, 0.2) is 48.8 Å². The van der Waals surface area contributed by atoms with Crippen LogP contribution in [0.1, 0.15) is 34.5 Å². The monoisotopic (exact) mass is 445 g/mol. The molecule has 9 nitrogen and oxygen atoms in total. The molecule has 33 heavy (non-hydrogen) atoms. The molecule has 1 aliphatic heterocycles. The minimum Gasteiger partial charge on any atom is -0.497 e. The minimum absolute atomic E-state index is 0.274. The normalized spacial score (nSPS) is 11.7. The van der Waals surface area contributed by atoms with E-state index in [4.69, 9.17) is 14.2 Å². The molecular formula is C24H23N5O4. The van der Waals surface area contributed by atoms with Gasteiger partial charge >= 0.3 is 5.97 Å². The van der Waals surface area contributed by atoms with Crippen LogP contribution >= 0.6 is 0 Å². The van der Waals surface area contributed by atoms with E-state index in [0.717, 1.165) is 28.4 Å². The molecule has 168 valence electrons.